The Hall–Kier alpha value is -1.31. The Morgan fingerprint density at radius 1 is 1.53 bits per heavy atom. The van der Waals surface area contributed by atoms with Gasteiger partial charge < -0.3 is 10.5 Å². The summed E-state index contributed by atoms with van der Waals surface area (Å²) in [4.78, 5) is 14.2. The van der Waals surface area contributed by atoms with Gasteiger partial charge in [0.2, 0.25) is 0 Å². The first kappa shape index (κ1) is 11.8. The highest BCUT2D eigenvalue weighted by Crippen LogP contribution is 2.25. The molecule has 0 aliphatic heterocycles. The van der Waals surface area contributed by atoms with Gasteiger partial charge in [-0.3, -0.25) is 4.79 Å². The molecule has 0 saturated carbocycles. The highest BCUT2D eigenvalue weighted by molar-refractivity contribution is 9.10. The predicted molar refractivity (Wildman–Crippen MR) is 47.1 cm³/mol. The molecule has 0 bridgehead atoms. The molecular weight excluding hydrogens is 281 g/mol. The molecule has 0 aliphatic rings. The average molecular weight is 285 g/mol. The summed E-state index contributed by atoms with van der Waals surface area (Å²) in [6, 6.07) is 0.854. The van der Waals surface area contributed by atoms with Crippen LogP contribution in [0.4, 0.5) is 13.2 Å². The molecule has 1 rings (SSSR count). The van der Waals surface area contributed by atoms with E-state index in [0.29, 0.717) is 0 Å². The fraction of sp³-hybridized carbons (Fsp3) is 0.143. The SMILES string of the molecule is NC(=O)c1cc(OC(F)(F)F)cnc1Br. The average Bonchev–Trinajstić information content (AvgIpc) is 2.05. The maximum atomic E-state index is 11.8. The maximum Gasteiger partial charge on any atom is 0.573 e. The van der Waals surface area contributed by atoms with Crippen LogP contribution in [-0.4, -0.2) is 17.3 Å². The Labute approximate surface area is 90.4 Å². The smallest absolute Gasteiger partial charge is 0.404 e. The Morgan fingerprint density at radius 2 is 2.13 bits per heavy atom. The number of nitrogens with zero attached hydrogens (tertiary/aromatic N) is 1. The zero-order valence-corrected chi connectivity index (χ0v) is 8.59. The van der Waals surface area contributed by atoms with Gasteiger partial charge in [0.1, 0.15) is 10.4 Å². The van der Waals surface area contributed by atoms with Crippen LogP contribution < -0.4 is 10.5 Å². The maximum absolute atomic E-state index is 11.8. The first-order valence-electron chi connectivity index (χ1n) is 3.50. The van der Waals surface area contributed by atoms with Gasteiger partial charge in [-0.25, -0.2) is 4.98 Å². The highest BCUT2D eigenvalue weighted by atomic mass is 79.9. The van der Waals surface area contributed by atoms with Crippen LogP contribution in [0.3, 0.4) is 0 Å². The monoisotopic (exact) mass is 284 g/mol. The van der Waals surface area contributed by atoms with Gasteiger partial charge >= 0.3 is 6.36 Å². The molecule has 1 amide bonds. The summed E-state index contributed by atoms with van der Waals surface area (Å²) in [7, 11) is 0. The van der Waals surface area contributed by atoms with E-state index in [9.17, 15) is 18.0 Å². The largest absolute Gasteiger partial charge is 0.573 e. The van der Waals surface area contributed by atoms with Crippen molar-refractivity contribution in [1.29, 1.82) is 0 Å². The Balaban J connectivity index is 3.03. The normalized spacial score (nSPS) is 11.2. The zero-order valence-electron chi connectivity index (χ0n) is 7.01. The summed E-state index contributed by atoms with van der Waals surface area (Å²) < 4.78 is 39.0. The summed E-state index contributed by atoms with van der Waals surface area (Å²) in [5.74, 6) is -1.50. The molecule has 0 atom stereocenters. The minimum absolute atomic E-state index is 0.0597. The van der Waals surface area contributed by atoms with Crippen LogP contribution in [0.25, 0.3) is 0 Å². The molecule has 0 radical (unpaired) electrons. The van der Waals surface area contributed by atoms with E-state index in [1.807, 2.05) is 0 Å². The second-order valence-electron chi connectivity index (χ2n) is 2.42. The number of aromatic nitrogens is 1. The molecule has 4 nitrogen and oxygen atoms in total. The molecule has 0 fully saturated rings. The van der Waals surface area contributed by atoms with Crippen molar-refractivity contribution in [3.8, 4) is 5.75 Å². The van der Waals surface area contributed by atoms with Crippen LogP contribution in [0.1, 0.15) is 10.4 Å². The van der Waals surface area contributed by atoms with Gasteiger partial charge in [0.05, 0.1) is 11.8 Å². The third kappa shape index (κ3) is 3.39. The number of halogens is 4. The second-order valence-corrected chi connectivity index (χ2v) is 3.17. The van der Waals surface area contributed by atoms with E-state index in [1.165, 1.54) is 0 Å². The molecule has 82 valence electrons. The van der Waals surface area contributed by atoms with Crippen molar-refractivity contribution in [3.05, 3.63) is 22.4 Å². The third-order valence-corrected chi connectivity index (χ3v) is 1.94. The van der Waals surface area contributed by atoms with Gasteiger partial charge in [-0.1, -0.05) is 0 Å². The first-order valence-corrected chi connectivity index (χ1v) is 4.30. The van der Waals surface area contributed by atoms with Crippen LogP contribution >= 0.6 is 15.9 Å². The summed E-state index contributed by atoms with van der Waals surface area (Å²) in [6.45, 7) is 0. The van der Waals surface area contributed by atoms with Gasteiger partial charge in [0.25, 0.3) is 5.91 Å². The van der Waals surface area contributed by atoms with E-state index >= 15 is 0 Å². The van der Waals surface area contributed by atoms with Crippen LogP contribution in [0, 0.1) is 0 Å². The molecule has 0 aliphatic carbocycles. The fourth-order valence-electron chi connectivity index (χ4n) is 0.791. The molecule has 0 aromatic carbocycles. The number of ether oxygens (including phenoxy) is 1. The minimum atomic E-state index is -4.83. The molecule has 1 heterocycles. The highest BCUT2D eigenvalue weighted by Gasteiger charge is 2.31. The number of rotatable bonds is 2. The van der Waals surface area contributed by atoms with Crippen molar-refractivity contribution in [2.75, 3.05) is 0 Å². The van der Waals surface area contributed by atoms with Gasteiger partial charge in [-0.05, 0) is 22.0 Å². The molecule has 1 aromatic heterocycles. The summed E-state index contributed by atoms with van der Waals surface area (Å²) in [5, 5.41) is 0. The van der Waals surface area contributed by atoms with E-state index in [-0.39, 0.29) is 10.2 Å². The summed E-state index contributed by atoms with van der Waals surface area (Å²) in [6.07, 6.45) is -4.01. The Morgan fingerprint density at radius 3 is 2.60 bits per heavy atom. The molecule has 1 aromatic rings. The van der Waals surface area contributed by atoms with Crippen molar-refractivity contribution in [3.63, 3.8) is 0 Å². The lowest BCUT2D eigenvalue weighted by atomic mass is 10.3. The van der Waals surface area contributed by atoms with E-state index in [0.717, 1.165) is 12.3 Å². The van der Waals surface area contributed by atoms with Gasteiger partial charge in [0, 0.05) is 0 Å². The standard InChI is InChI=1S/C7H4BrF3N2O2/c8-5-4(6(12)14)1-3(2-13-5)15-7(9,10)11/h1-2H,(H2,12,14). The van der Waals surface area contributed by atoms with Gasteiger partial charge in [0.15, 0.2) is 0 Å². The molecule has 0 spiro atoms. The van der Waals surface area contributed by atoms with Gasteiger partial charge in [-0.15, -0.1) is 13.2 Å². The molecule has 0 saturated heterocycles. The number of carbonyl (C=O) groups is 1. The third-order valence-electron chi connectivity index (χ3n) is 1.31. The molecular formula is C7H4BrF3N2O2. The van der Waals surface area contributed by atoms with Crippen molar-refractivity contribution < 1.29 is 22.7 Å². The number of amides is 1. The van der Waals surface area contributed by atoms with Crippen molar-refractivity contribution in [1.82, 2.24) is 4.98 Å². The summed E-state index contributed by atoms with van der Waals surface area (Å²) in [5.41, 5.74) is 4.72. The lowest BCUT2D eigenvalue weighted by Gasteiger charge is -2.09. The van der Waals surface area contributed by atoms with Crippen LogP contribution in [0.2, 0.25) is 0 Å². The van der Waals surface area contributed by atoms with Crippen molar-refractivity contribution in [2.24, 2.45) is 5.73 Å². The zero-order chi connectivity index (χ0) is 11.6. The molecule has 8 heteroatoms. The van der Waals surface area contributed by atoms with Gasteiger partial charge in [-0.2, -0.15) is 0 Å². The van der Waals surface area contributed by atoms with Crippen LogP contribution in [-0.2, 0) is 0 Å². The lowest BCUT2D eigenvalue weighted by molar-refractivity contribution is -0.274. The Kier molecular flexibility index (Phi) is 3.18. The number of nitrogens with two attached hydrogens (primary N) is 1. The molecule has 0 unspecified atom stereocenters. The number of hydrogen-bond acceptors (Lipinski definition) is 3. The van der Waals surface area contributed by atoms with Crippen molar-refractivity contribution >= 4 is 21.8 Å². The van der Waals surface area contributed by atoms with E-state index in [1.54, 1.807) is 0 Å². The quantitative estimate of drug-likeness (QED) is 0.843. The van der Waals surface area contributed by atoms with E-state index in [2.05, 4.69) is 25.7 Å². The number of alkyl halides is 3. The first-order chi connectivity index (χ1) is 6.79. The number of primary amides is 1. The fourth-order valence-corrected chi connectivity index (χ4v) is 1.20. The van der Waals surface area contributed by atoms with Crippen molar-refractivity contribution in [2.45, 2.75) is 6.36 Å². The predicted octanol–water partition coefficient (Wildman–Crippen LogP) is 1.84. The van der Waals surface area contributed by atoms with Crippen LogP contribution in [0.15, 0.2) is 16.9 Å². The number of carbonyl (C=O) groups excluding carboxylic acids is 1. The molecule has 15 heavy (non-hydrogen) atoms. The second kappa shape index (κ2) is 4.05. The number of hydrogen-bond donors (Lipinski definition) is 1. The Bertz CT molecular complexity index is 394. The lowest BCUT2D eigenvalue weighted by Crippen LogP contribution is -2.18. The minimum Gasteiger partial charge on any atom is -0.404 e. The van der Waals surface area contributed by atoms with E-state index < -0.39 is 18.0 Å². The van der Waals surface area contributed by atoms with E-state index in [4.69, 9.17) is 5.73 Å². The van der Waals surface area contributed by atoms with Crippen LogP contribution in [0.5, 0.6) is 5.75 Å². The number of pyridine rings is 1. The topological polar surface area (TPSA) is 65.2 Å². The summed E-state index contributed by atoms with van der Waals surface area (Å²) >= 11 is 2.86. The molecule has 2 N–H and O–H groups in total.